The number of nitrogens with one attached hydrogen (secondary N) is 1. The van der Waals surface area contributed by atoms with Crippen molar-refractivity contribution in [3.63, 3.8) is 0 Å². The molecule has 2 aromatic carbocycles. The summed E-state index contributed by atoms with van der Waals surface area (Å²) in [6.07, 6.45) is 4.30. The van der Waals surface area contributed by atoms with Crippen molar-refractivity contribution in [3.05, 3.63) is 101 Å². The summed E-state index contributed by atoms with van der Waals surface area (Å²) in [6.45, 7) is 1.84. The number of aliphatic hydroxyl groups is 1. The summed E-state index contributed by atoms with van der Waals surface area (Å²) in [5.74, 6) is -1.28. The first-order chi connectivity index (χ1) is 16.9. The average molecular weight is 478 g/mol. The quantitative estimate of drug-likeness (QED) is 0.427. The number of amides is 1. The fourth-order valence-corrected chi connectivity index (χ4v) is 4.48. The Hall–Kier alpha value is -3.62. The molecule has 0 saturated carbocycles. The zero-order chi connectivity index (χ0) is 24.4. The monoisotopic (exact) mass is 477 g/mol. The molecule has 5 rings (SSSR count). The number of hydrogen-bond donors (Lipinski definition) is 2. The van der Waals surface area contributed by atoms with E-state index in [0.717, 1.165) is 22.6 Å². The first kappa shape index (κ1) is 23.1. The number of carbonyl (C=O) groups is 1. The molecule has 0 aliphatic carbocycles. The van der Waals surface area contributed by atoms with Crippen LogP contribution < -0.4 is 5.32 Å². The lowest BCUT2D eigenvalue weighted by Crippen LogP contribution is -2.42. The maximum Gasteiger partial charge on any atom is 0.287 e. The summed E-state index contributed by atoms with van der Waals surface area (Å²) in [7, 11) is 0. The number of hydrogen-bond acceptors (Lipinski definition) is 5. The number of fused-ring (bicyclic) bond motifs is 1. The lowest BCUT2D eigenvalue weighted by molar-refractivity contribution is -0.0278. The Kier molecular flexibility index (Phi) is 6.32. The van der Waals surface area contributed by atoms with E-state index in [-0.39, 0.29) is 11.7 Å². The highest BCUT2D eigenvalue weighted by Gasteiger charge is 2.34. The van der Waals surface area contributed by atoms with Crippen LogP contribution in [0.3, 0.4) is 0 Å². The SMILES string of the molecule is O=C(NCc1cccnc1)c1cc2cc(C3(O)CCN(Cc4ccc(F)cc4F)CC3)ccc2o1. The zero-order valence-corrected chi connectivity index (χ0v) is 19.0. The number of nitrogens with zero attached hydrogens (tertiary/aromatic N) is 2. The normalized spacial score (nSPS) is 15.9. The van der Waals surface area contributed by atoms with E-state index in [1.807, 2.05) is 23.1 Å². The molecule has 1 aliphatic rings. The molecular weight excluding hydrogens is 452 g/mol. The number of furan rings is 1. The average Bonchev–Trinajstić information content (AvgIpc) is 3.30. The van der Waals surface area contributed by atoms with Gasteiger partial charge in [-0.2, -0.15) is 0 Å². The Morgan fingerprint density at radius 2 is 1.94 bits per heavy atom. The molecule has 0 spiro atoms. The van der Waals surface area contributed by atoms with Gasteiger partial charge in [0.1, 0.15) is 17.2 Å². The van der Waals surface area contributed by atoms with Gasteiger partial charge in [-0.15, -0.1) is 0 Å². The summed E-state index contributed by atoms with van der Waals surface area (Å²) < 4.78 is 32.9. The van der Waals surface area contributed by atoms with Gasteiger partial charge in [0.25, 0.3) is 5.91 Å². The van der Waals surface area contributed by atoms with Crippen molar-refractivity contribution >= 4 is 16.9 Å². The van der Waals surface area contributed by atoms with Gasteiger partial charge < -0.3 is 14.8 Å². The fourth-order valence-electron chi connectivity index (χ4n) is 4.48. The van der Waals surface area contributed by atoms with Crippen molar-refractivity contribution < 1.29 is 23.1 Å². The third-order valence-electron chi connectivity index (χ3n) is 6.55. The third-order valence-corrected chi connectivity index (χ3v) is 6.55. The van der Waals surface area contributed by atoms with Crippen molar-refractivity contribution in [1.29, 1.82) is 0 Å². The number of halogens is 2. The van der Waals surface area contributed by atoms with Crippen LogP contribution in [-0.4, -0.2) is 34.0 Å². The zero-order valence-electron chi connectivity index (χ0n) is 19.0. The predicted octanol–water partition coefficient (Wildman–Crippen LogP) is 4.52. The first-order valence-electron chi connectivity index (χ1n) is 11.5. The van der Waals surface area contributed by atoms with Gasteiger partial charge >= 0.3 is 0 Å². The Morgan fingerprint density at radius 3 is 2.69 bits per heavy atom. The fraction of sp³-hybridized carbons (Fsp3) is 0.259. The Labute approximate surface area is 201 Å². The molecule has 180 valence electrons. The molecule has 1 amide bonds. The third kappa shape index (κ3) is 5.08. The second-order valence-corrected chi connectivity index (χ2v) is 8.95. The summed E-state index contributed by atoms with van der Waals surface area (Å²) in [5.41, 5.74) is 1.60. The molecule has 0 atom stereocenters. The minimum absolute atomic E-state index is 0.198. The summed E-state index contributed by atoms with van der Waals surface area (Å²) in [6, 6.07) is 14.4. The van der Waals surface area contributed by atoms with Crippen LogP contribution in [-0.2, 0) is 18.7 Å². The van der Waals surface area contributed by atoms with Gasteiger partial charge in [-0.3, -0.25) is 14.7 Å². The van der Waals surface area contributed by atoms with Gasteiger partial charge in [-0.05, 0) is 54.3 Å². The number of pyridine rings is 1. The molecule has 2 aromatic heterocycles. The molecule has 1 fully saturated rings. The number of likely N-dealkylation sites (tertiary alicyclic amines) is 1. The lowest BCUT2D eigenvalue weighted by atomic mass is 9.84. The summed E-state index contributed by atoms with van der Waals surface area (Å²) in [4.78, 5) is 18.6. The van der Waals surface area contributed by atoms with Crippen LogP contribution in [0, 0.1) is 11.6 Å². The van der Waals surface area contributed by atoms with E-state index in [0.29, 0.717) is 50.2 Å². The summed E-state index contributed by atoms with van der Waals surface area (Å²) in [5, 5.41) is 14.9. The van der Waals surface area contributed by atoms with Crippen molar-refractivity contribution in [2.75, 3.05) is 13.1 Å². The van der Waals surface area contributed by atoms with Crippen LogP contribution in [0.15, 0.2) is 71.4 Å². The van der Waals surface area contributed by atoms with Crippen LogP contribution in [0.25, 0.3) is 11.0 Å². The molecular formula is C27H25F2N3O3. The van der Waals surface area contributed by atoms with E-state index in [9.17, 15) is 18.7 Å². The molecule has 3 heterocycles. The van der Waals surface area contributed by atoms with Crippen molar-refractivity contribution in [2.45, 2.75) is 31.5 Å². The Bertz CT molecular complexity index is 1350. The first-order valence-corrected chi connectivity index (χ1v) is 11.5. The second kappa shape index (κ2) is 9.56. The maximum atomic E-state index is 14.0. The number of benzene rings is 2. The molecule has 6 nitrogen and oxygen atoms in total. The second-order valence-electron chi connectivity index (χ2n) is 8.95. The molecule has 0 bridgehead atoms. The van der Waals surface area contributed by atoms with E-state index in [4.69, 9.17) is 4.42 Å². The van der Waals surface area contributed by atoms with Crippen LogP contribution >= 0.6 is 0 Å². The molecule has 0 radical (unpaired) electrons. The highest BCUT2D eigenvalue weighted by molar-refractivity contribution is 5.96. The number of piperidine rings is 1. The minimum Gasteiger partial charge on any atom is -0.451 e. The van der Waals surface area contributed by atoms with Gasteiger partial charge in [-0.25, -0.2) is 8.78 Å². The number of aromatic nitrogens is 1. The molecule has 1 saturated heterocycles. The smallest absolute Gasteiger partial charge is 0.287 e. The highest BCUT2D eigenvalue weighted by atomic mass is 19.1. The topological polar surface area (TPSA) is 78.6 Å². The molecule has 0 unspecified atom stereocenters. The van der Waals surface area contributed by atoms with Crippen molar-refractivity contribution in [3.8, 4) is 0 Å². The lowest BCUT2D eigenvalue weighted by Gasteiger charge is -2.38. The largest absolute Gasteiger partial charge is 0.451 e. The molecule has 1 aliphatic heterocycles. The van der Waals surface area contributed by atoms with Crippen molar-refractivity contribution in [2.24, 2.45) is 0 Å². The Morgan fingerprint density at radius 1 is 1.11 bits per heavy atom. The maximum absolute atomic E-state index is 14.0. The van der Waals surface area contributed by atoms with Crippen LogP contribution in [0.4, 0.5) is 8.78 Å². The molecule has 35 heavy (non-hydrogen) atoms. The van der Waals surface area contributed by atoms with E-state index < -0.39 is 17.2 Å². The summed E-state index contributed by atoms with van der Waals surface area (Å²) >= 11 is 0. The van der Waals surface area contributed by atoms with E-state index in [1.165, 1.54) is 12.1 Å². The van der Waals surface area contributed by atoms with Gasteiger partial charge in [0.15, 0.2) is 5.76 Å². The molecule has 2 N–H and O–H groups in total. The van der Waals surface area contributed by atoms with Crippen LogP contribution in [0.1, 0.15) is 40.1 Å². The van der Waals surface area contributed by atoms with Gasteiger partial charge in [-0.1, -0.05) is 18.2 Å². The van der Waals surface area contributed by atoms with Crippen molar-refractivity contribution in [1.82, 2.24) is 15.2 Å². The Balaban J connectivity index is 1.24. The molecule has 8 heteroatoms. The van der Waals surface area contributed by atoms with Gasteiger partial charge in [0.05, 0.1) is 5.60 Å². The van der Waals surface area contributed by atoms with E-state index in [2.05, 4.69) is 10.3 Å². The van der Waals surface area contributed by atoms with Crippen LogP contribution in [0.5, 0.6) is 0 Å². The predicted molar refractivity (Wildman–Crippen MR) is 126 cm³/mol. The molecule has 4 aromatic rings. The van der Waals surface area contributed by atoms with E-state index >= 15 is 0 Å². The standard InChI is InChI=1S/C27H25F2N3O3/c28-22-5-3-19(23(29)14-22)17-32-10-7-27(34,8-11-32)21-4-6-24-20(12-21)13-25(35-24)26(33)31-16-18-2-1-9-30-15-18/h1-6,9,12-15,34H,7-8,10-11,16-17H2,(H,31,33). The van der Waals surface area contributed by atoms with E-state index in [1.54, 1.807) is 30.6 Å². The highest BCUT2D eigenvalue weighted by Crippen LogP contribution is 2.35. The van der Waals surface area contributed by atoms with Gasteiger partial charge in [0, 0.05) is 55.6 Å². The minimum atomic E-state index is -1.04. The number of rotatable bonds is 6. The number of carbonyl (C=O) groups excluding carboxylic acids is 1. The van der Waals surface area contributed by atoms with Gasteiger partial charge in [0.2, 0.25) is 0 Å². The van der Waals surface area contributed by atoms with Crippen LogP contribution in [0.2, 0.25) is 0 Å².